The monoisotopic (exact) mass is 380 g/mol. The van der Waals surface area contributed by atoms with E-state index in [1.54, 1.807) is 31.2 Å². The van der Waals surface area contributed by atoms with Gasteiger partial charge in [-0.2, -0.15) is 0 Å². The van der Waals surface area contributed by atoms with Crippen LogP contribution in [0.1, 0.15) is 26.5 Å². The Kier molecular flexibility index (Phi) is 5.59. The van der Waals surface area contributed by atoms with Gasteiger partial charge in [0.05, 0.1) is 12.7 Å². The minimum atomic E-state index is -0.465. The molecule has 0 spiro atoms. The molecular weight excluding hydrogens is 363 g/mol. The van der Waals surface area contributed by atoms with E-state index in [0.717, 1.165) is 0 Å². The molecule has 0 atom stereocenters. The third-order valence-corrected chi connectivity index (χ3v) is 3.73. The van der Waals surface area contributed by atoms with Crippen molar-refractivity contribution < 1.29 is 18.7 Å². The van der Waals surface area contributed by atoms with Gasteiger partial charge in [-0.25, -0.2) is 19.2 Å². The highest BCUT2D eigenvalue weighted by Crippen LogP contribution is 2.17. The average Bonchev–Trinajstić information content (AvgIpc) is 2.69. The van der Waals surface area contributed by atoms with Crippen molar-refractivity contribution in [3.05, 3.63) is 77.4 Å². The Morgan fingerprint density at radius 3 is 2.46 bits per heavy atom. The summed E-state index contributed by atoms with van der Waals surface area (Å²) >= 11 is 0. The highest BCUT2D eigenvalue weighted by Gasteiger charge is 2.12. The molecule has 2 N–H and O–H groups in total. The van der Waals surface area contributed by atoms with Gasteiger partial charge in [0, 0.05) is 17.1 Å². The largest absolute Gasteiger partial charge is 0.465 e. The highest BCUT2D eigenvalue weighted by molar-refractivity contribution is 6.03. The Morgan fingerprint density at radius 2 is 1.75 bits per heavy atom. The lowest BCUT2D eigenvalue weighted by Gasteiger charge is -2.10. The number of carbonyl (C=O) groups excluding carboxylic acids is 2. The second-order valence-electron chi connectivity index (χ2n) is 5.88. The van der Waals surface area contributed by atoms with Crippen LogP contribution in [0.5, 0.6) is 0 Å². The number of aromatic nitrogens is 2. The standard InChI is InChI=1S/C20H17FN4O3/c1-12-10-17(18(26)23-15-8-6-14(21)7-9-15)25-20(22-12)24-16-5-3-4-13(11-16)19(27)28-2/h3-11H,1-2H3,(H,23,26)(H,22,24,25). The van der Waals surface area contributed by atoms with Crippen LogP contribution in [-0.2, 0) is 4.74 Å². The second-order valence-corrected chi connectivity index (χ2v) is 5.88. The van der Waals surface area contributed by atoms with Crippen molar-refractivity contribution in [3.8, 4) is 0 Å². The molecule has 1 amide bonds. The van der Waals surface area contributed by atoms with E-state index in [2.05, 4.69) is 20.6 Å². The number of ether oxygens (including phenoxy) is 1. The van der Waals surface area contributed by atoms with Crippen molar-refractivity contribution >= 4 is 29.2 Å². The van der Waals surface area contributed by atoms with Crippen LogP contribution in [0.3, 0.4) is 0 Å². The lowest BCUT2D eigenvalue weighted by molar-refractivity contribution is 0.0600. The molecule has 1 heterocycles. The minimum Gasteiger partial charge on any atom is -0.465 e. The van der Waals surface area contributed by atoms with Crippen molar-refractivity contribution in [2.75, 3.05) is 17.7 Å². The Bertz CT molecular complexity index is 1020. The smallest absolute Gasteiger partial charge is 0.337 e. The van der Waals surface area contributed by atoms with E-state index in [1.165, 1.54) is 37.4 Å². The molecule has 1 aromatic heterocycles. The third-order valence-electron chi connectivity index (χ3n) is 3.73. The maximum absolute atomic E-state index is 13.0. The predicted molar refractivity (Wildman–Crippen MR) is 102 cm³/mol. The van der Waals surface area contributed by atoms with Crippen LogP contribution >= 0.6 is 0 Å². The molecule has 0 bridgehead atoms. The molecule has 142 valence electrons. The number of hydrogen-bond acceptors (Lipinski definition) is 6. The lowest BCUT2D eigenvalue weighted by Crippen LogP contribution is -2.15. The number of hydrogen-bond donors (Lipinski definition) is 2. The predicted octanol–water partition coefficient (Wildman–Crippen LogP) is 3.71. The third kappa shape index (κ3) is 4.67. The number of benzene rings is 2. The fourth-order valence-corrected chi connectivity index (χ4v) is 2.44. The van der Waals surface area contributed by atoms with E-state index in [0.29, 0.717) is 22.6 Å². The number of halogens is 1. The van der Waals surface area contributed by atoms with Crippen molar-refractivity contribution in [1.29, 1.82) is 0 Å². The SMILES string of the molecule is COC(=O)c1cccc(Nc2nc(C)cc(C(=O)Nc3ccc(F)cc3)n2)c1. The molecule has 0 aliphatic heterocycles. The van der Waals surface area contributed by atoms with Gasteiger partial charge >= 0.3 is 5.97 Å². The summed E-state index contributed by atoms with van der Waals surface area (Å²) in [6.07, 6.45) is 0. The summed E-state index contributed by atoms with van der Waals surface area (Å²) < 4.78 is 17.7. The number of nitrogens with one attached hydrogen (secondary N) is 2. The van der Waals surface area contributed by atoms with Gasteiger partial charge in [0.2, 0.25) is 5.95 Å². The molecule has 0 aliphatic rings. The van der Waals surface area contributed by atoms with Gasteiger partial charge in [-0.05, 0) is 55.5 Å². The molecule has 3 aromatic rings. The molecule has 2 aromatic carbocycles. The van der Waals surface area contributed by atoms with Gasteiger partial charge in [-0.1, -0.05) is 6.07 Å². The van der Waals surface area contributed by atoms with E-state index >= 15 is 0 Å². The first-order valence-corrected chi connectivity index (χ1v) is 8.32. The van der Waals surface area contributed by atoms with Crippen LogP contribution < -0.4 is 10.6 Å². The number of carbonyl (C=O) groups is 2. The first-order valence-electron chi connectivity index (χ1n) is 8.32. The molecule has 0 radical (unpaired) electrons. The van der Waals surface area contributed by atoms with Crippen molar-refractivity contribution in [2.45, 2.75) is 6.92 Å². The summed E-state index contributed by atoms with van der Waals surface area (Å²) in [6.45, 7) is 1.73. The van der Waals surface area contributed by atoms with E-state index < -0.39 is 17.7 Å². The summed E-state index contributed by atoms with van der Waals surface area (Å²) in [4.78, 5) is 32.6. The van der Waals surface area contributed by atoms with Crippen molar-refractivity contribution in [1.82, 2.24) is 9.97 Å². The second kappa shape index (κ2) is 8.26. The van der Waals surface area contributed by atoms with Gasteiger partial charge in [0.15, 0.2) is 0 Å². The first kappa shape index (κ1) is 19.0. The number of nitrogens with zero attached hydrogens (tertiary/aromatic N) is 2. The Morgan fingerprint density at radius 1 is 1.00 bits per heavy atom. The van der Waals surface area contributed by atoms with E-state index in [-0.39, 0.29) is 11.6 Å². The molecule has 3 rings (SSSR count). The van der Waals surface area contributed by atoms with Crippen LogP contribution in [0, 0.1) is 12.7 Å². The maximum Gasteiger partial charge on any atom is 0.337 e. The van der Waals surface area contributed by atoms with Crippen LogP contribution in [0.2, 0.25) is 0 Å². The number of esters is 1. The molecule has 0 aliphatic carbocycles. The highest BCUT2D eigenvalue weighted by atomic mass is 19.1. The summed E-state index contributed by atoms with van der Waals surface area (Å²) in [5.74, 6) is -1.11. The number of rotatable bonds is 5. The summed E-state index contributed by atoms with van der Waals surface area (Å²) in [5.41, 5.74) is 2.10. The van der Waals surface area contributed by atoms with Crippen LogP contribution in [-0.4, -0.2) is 29.0 Å². The zero-order valence-corrected chi connectivity index (χ0v) is 15.2. The first-order chi connectivity index (χ1) is 13.4. The summed E-state index contributed by atoms with van der Waals surface area (Å²) in [7, 11) is 1.30. The molecule has 0 saturated heterocycles. The van der Waals surface area contributed by atoms with Gasteiger partial charge in [0.1, 0.15) is 11.5 Å². The van der Waals surface area contributed by atoms with Gasteiger partial charge < -0.3 is 15.4 Å². The van der Waals surface area contributed by atoms with Gasteiger partial charge in [-0.15, -0.1) is 0 Å². The zero-order valence-electron chi connectivity index (χ0n) is 15.2. The molecule has 28 heavy (non-hydrogen) atoms. The normalized spacial score (nSPS) is 10.2. The van der Waals surface area contributed by atoms with Crippen LogP contribution in [0.4, 0.5) is 21.7 Å². The summed E-state index contributed by atoms with van der Waals surface area (Å²) in [6, 6.07) is 13.6. The molecule has 0 saturated carbocycles. The quantitative estimate of drug-likeness (QED) is 0.656. The van der Waals surface area contributed by atoms with E-state index in [1.807, 2.05) is 0 Å². The minimum absolute atomic E-state index is 0.142. The average molecular weight is 380 g/mol. The number of amides is 1. The topological polar surface area (TPSA) is 93.2 Å². The fraction of sp³-hybridized carbons (Fsp3) is 0.100. The zero-order chi connectivity index (χ0) is 20.1. The Balaban J connectivity index is 1.80. The Labute approximate surface area is 160 Å². The molecule has 0 fully saturated rings. The van der Waals surface area contributed by atoms with E-state index in [9.17, 15) is 14.0 Å². The Hall–Kier alpha value is -3.81. The van der Waals surface area contributed by atoms with Crippen molar-refractivity contribution in [3.63, 3.8) is 0 Å². The van der Waals surface area contributed by atoms with Gasteiger partial charge in [-0.3, -0.25) is 4.79 Å². The van der Waals surface area contributed by atoms with Gasteiger partial charge in [0.25, 0.3) is 5.91 Å². The van der Waals surface area contributed by atoms with Crippen LogP contribution in [0.25, 0.3) is 0 Å². The molecule has 0 unspecified atom stereocenters. The number of aryl methyl sites for hydroxylation is 1. The lowest BCUT2D eigenvalue weighted by atomic mass is 10.2. The van der Waals surface area contributed by atoms with Crippen molar-refractivity contribution in [2.24, 2.45) is 0 Å². The fourth-order valence-electron chi connectivity index (χ4n) is 2.44. The molecule has 8 heteroatoms. The summed E-state index contributed by atoms with van der Waals surface area (Å²) in [5, 5.41) is 5.62. The number of anilines is 3. The molecule has 7 nitrogen and oxygen atoms in total. The van der Waals surface area contributed by atoms with Crippen LogP contribution in [0.15, 0.2) is 54.6 Å². The maximum atomic E-state index is 13.0. The van der Waals surface area contributed by atoms with E-state index in [4.69, 9.17) is 4.74 Å². The number of methoxy groups -OCH3 is 1. The molecular formula is C20H17FN4O3.